The maximum absolute atomic E-state index is 11.2. The number of hydrogen-bond donors (Lipinski definition) is 1. The summed E-state index contributed by atoms with van der Waals surface area (Å²) >= 11 is 0. The highest BCUT2D eigenvalue weighted by molar-refractivity contribution is 5.73. The Morgan fingerprint density at radius 1 is 1.43 bits per heavy atom. The monoisotopic (exact) mass is 198 g/mol. The molecule has 0 aliphatic carbocycles. The first-order chi connectivity index (χ1) is 6.38. The Kier molecular flexibility index (Phi) is 3.53. The largest absolute Gasteiger partial charge is 0.341 e. The minimum Gasteiger partial charge on any atom is -0.341 e. The second-order valence-electron chi connectivity index (χ2n) is 5.20. The topological polar surface area (TPSA) is 32.3 Å². The fraction of sp³-hybridized carbons (Fsp3) is 0.909. The third-order valence-corrected chi connectivity index (χ3v) is 2.50. The molecule has 0 saturated carbocycles. The molecule has 14 heavy (non-hydrogen) atoms. The minimum atomic E-state index is 0.143. The number of likely N-dealkylation sites (tertiary alicyclic amines) is 1. The summed E-state index contributed by atoms with van der Waals surface area (Å²) in [4.78, 5) is 13.1. The number of rotatable bonds is 1. The highest BCUT2D eigenvalue weighted by Crippen LogP contribution is 2.13. The van der Waals surface area contributed by atoms with Crippen molar-refractivity contribution in [2.75, 3.05) is 13.1 Å². The van der Waals surface area contributed by atoms with Gasteiger partial charge in [0.2, 0.25) is 5.91 Å². The summed E-state index contributed by atoms with van der Waals surface area (Å²) in [5, 5.41) is 3.55. The van der Waals surface area contributed by atoms with Gasteiger partial charge in [-0.15, -0.1) is 0 Å². The molecule has 1 rings (SSSR count). The van der Waals surface area contributed by atoms with Crippen molar-refractivity contribution in [2.45, 2.75) is 52.1 Å². The van der Waals surface area contributed by atoms with E-state index in [1.165, 1.54) is 6.42 Å². The van der Waals surface area contributed by atoms with Crippen molar-refractivity contribution < 1.29 is 4.79 Å². The zero-order valence-electron chi connectivity index (χ0n) is 9.76. The first-order valence-electron chi connectivity index (χ1n) is 5.42. The molecular formula is C11H22N2O. The molecule has 1 N–H and O–H groups in total. The van der Waals surface area contributed by atoms with Gasteiger partial charge in [0.25, 0.3) is 0 Å². The molecule has 0 spiro atoms. The molecule has 0 aromatic heterocycles. The quantitative estimate of drug-likeness (QED) is 0.690. The lowest BCUT2D eigenvalue weighted by molar-refractivity contribution is -0.130. The summed E-state index contributed by atoms with van der Waals surface area (Å²) in [5.74, 6) is 0.199. The lowest BCUT2D eigenvalue weighted by Gasteiger charge is -2.36. The summed E-state index contributed by atoms with van der Waals surface area (Å²) in [6.07, 6.45) is 2.30. The van der Waals surface area contributed by atoms with E-state index in [1.54, 1.807) is 6.92 Å². The van der Waals surface area contributed by atoms with Gasteiger partial charge in [-0.05, 0) is 33.6 Å². The van der Waals surface area contributed by atoms with Crippen molar-refractivity contribution in [1.29, 1.82) is 0 Å². The molecule has 82 valence electrons. The summed E-state index contributed by atoms with van der Waals surface area (Å²) in [5.41, 5.74) is 0.143. The van der Waals surface area contributed by atoms with Crippen LogP contribution in [0, 0.1) is 0 Å². The molecule has 1 saturated heterocycles. The van der Waals surface area contributed by atoms with Gasteiger partial charge in [-0.25, -0.2) is 0 Å². The van der Waals surface area contributed by atoms with Crippen molar-refractivity contribution in [3.63, 3.8) is 0 Å². The fourth-order valence-corrected chi connectivity index (χ4v) is 1.99. The van der Waals surface area contributed by atoms with Crippen LogP contribution in [0.1, 0.15) is 40.5 Å². The summed E-state index contributed by atoms with van der Waals surface area (Å²) in [7, 11) is 0. The van der Waals surface area contributed by atoms with E-state index in [1.807, 2.05) is 4.90 Å². The second-order valence-corrected chi connectivity index (χ2v) is 5.20. The van der Waals surface area contributed by atoms with Gasteiger partial charge in [0.1, 0.15) is 0 Å². The Bertz CT molecular complexity index is 208. The Morgan fingerprint density at radius 2 is 2.07 bits per heavy atom. The smallest absolute Gasteiger partial charge is 0.219 e. The van der Waals surface area contributed by atoms with Crippen LogP contribution in [0.25, 0.3) is 0 Å². The molecule has 3 heteroatoms. The van der Waals surface area contributed by atoms with Gasteiger partial charge in [-0.3, -0.25) is 4.79 Å². The van der Waals surface area contributed by atoms with Crippen molar-refractivity contribution in [3.8, 4) is 0 Å². The van der Waals surface area contributed by atoms with E-state index >= 15 is 0 Å². The Morgan fingerprint density at radius 3 is 2.57 bits per heavy atom. The van der Waals surface area contributed by atoms with E-state index in [0.717, 1.165) is 19.5 Å². The molecule has 0 radical (unpaired) electrons. The van der Waals surface area contributed by atoms with Crippen molar-refractivity contribution in [2.24, 2.45) is 0 Å². The molecule has 1 atom stereocenters. The SMILES string of the molecule is CC(=O)N1CCCC(NC(C)(C)C)C1. The normalized spacial score (nSPS) is 23.7. The first kappa shape index (κ1) is 11.5. The van der Waals surface area contributed by atoms with Crippen molar-refractivity contribution in [3.05, 3.63) is 0 Å². The van der Waals surface area contributed by atoms with Gasteiger partial charge in [-0.1, -0.05) is 0 Å². The van der Waals surface area contributed by atoms with Crippen LogP contribution in [-0.2, 0) is 4.79 Å². The average Bonchev–Trinajstić information content (AvgIpc) is 2.01. The molecule has 1 heterocycles. The summed E-state index contributed by atoms with van der Waals surface area (Å²) in [6, 6.07) is 0.465. The van der Waals surface area contributed by atoms with Gasteiger partial charge >= 0.3 is 0 Å². The first-order valence-corrected chi connectivity index (χ1v) is 5.42. The molecule has 0 aromatic carbocycles. The molecule has 3 nitrogen and oxygen atoms in total. The van der Waals surface area contributed by atoms with Crippen molar-refractivity contribution >= 4 is 5.91 Å². The van der Waals surface area contributed by atoms with Gasteiger partial charge in [-0.2, -0.15) is 0 Å². The molecular weight excluding hydrogens is 176 g/mol. The van der Waals surface area contributed by atoms with Gasteiger partial charge < -0.3 is 10.2 Å². The molecule has 1 unspecified atom stereocenters. The van der Waals surface area contributed by atoms with Crippen LogP contribution in [0.5, 0.6) is 0 Å². The predicted octanol–water partition coefficient (Wildman–Crippen LogP) is 1.39. The van der Waals surface area contributed by atoms with Crippen LogP contribution in [0.15, 0.2) is 0 Å². The lowest BCUT2D eigenvalue weighted by Crippen LogP contribution is -2.52. The van der Waals surface area contributed by atoms with E-state index < -0.39 is 0 Å². The summed E-state index contributed by atoms with van der Waals surface area (Å²) in [6.45, 7) is 9.95. The number of hydrogen-bond acceptors (Lipinski definition) is 2. The van der Waals surface area contributed by atoms with Gasteiger partial charge in [0, 0.05) is 31.6 Å². The molecule has 0 bridgehead atoms. The predicted molar refractivity (Wildman–Crippen MR) is 58.2 cm³/mol. The summed E-state index contributed by atoms with van der Waals surface area (Å²) < 4.78 is 0. The van der Waals surface area contributed by atoms with Crippen LogP contribution in [0.2, 0.25) is 0 Å². The number of piperidine rings is 1. The highest BCUT2D eigenvalue weighted by Gasteiger charge is 2.24. The standard InChI is InChI=1S/C11H22N2O/c1-9(14)13-7-5-6-10(8-13)12-11(2,3)4/h10,12H,5-8H2,1-4H3. The Labute approximate surface area is 86.9 Å². The number of nitrogens with zero attached hydrogens (tertiary/aromatic N) is 1. The molecule has 1 fully saturated rings. The number of carbonyl (C=O) groups excluding carboxylic acids is 1. The van der Waals surface area contributed by atoms with Crippen LogP contribution < -0.4 is 5.32 Å². The zero-order valence-corrected chi connectivity index (χ0v) is 9.76. The zero-order chi connectivity index (χ0) is 10.8. The minimum absolute atomic E-state index is 0.143. The average molecular weight is 198 g/mol. The van der Waals surface area contributed by atoms with E-state index in [2.05, 4.69) is 26.1 Å². The fourth-order valence-electron chi connectivity index (χ4n) is 1.99. The van der Waals surface area contributed by atoms with Crippen LogP contribution >= 0.6 is 0 Å². The maximum Gasteiger partial charge on any atom is 0.219 e. The lowest BCUT2D eigenvalue weighted by atomic mass is 10.0. The van der Waals surface area contributed by atoms with Crippen LogP contribution in [-0.4, -0.2) is 35.5 Å². The number of carbonyl (C=O) groups is 1. The van der Waals surface area contributed by atoms with Crippen molar-refractivity contribution in [1.82, 2.24) is 10.2 Å². The Hall–Kier alpha value is -0.570. The third-order valence-electron chi connectivity index (χ3n) is 2.50. The molecule has 0 aromatic rings. The number of nitrogens with one attached hydrogen (secondary N) is 1. The molecule has 1 aliphatic heterocycles. The van der Waals surface area contributed by atoms with Crippen LogP contribution in [0.4, 0.5) is 0 Å². The molecule has 1 amide bonds. The maximum atomic E-state index is 11.2. The number of amides is 1. The van der Waals surface area contributed by atoms with Gasteiger partial charge in [0.15, 0.2) is 0 Å². The van der Waals surface area contributed by atoms with E-state index in [4.69, 9.17) is 0 Å². The third kappa shape index (κ3) is 3.66. The Balaban J connectivity index is 2.44. The second kappa shape index (κ2) is 4.30. The molecule has 1 aliphatic rings. The van der Waals surface area contributed by atoms with Crippen LogP contribution in [0.3, 0.4) is 0 Å². The van der Waals surface area contributed by atoms with E-state index in [0.29, 0.717) is 6.04 Å². The van der Waals surface area contributed by atoms with E-state index in [9.17, 15) is 4.79 Å². The highest BCUT2D eigenvalue weighted by atomic mass is 16.2. The van der Waals surface area contributed by atoms with E-state index in [-0.39, 0.29) is 11.4 Å². The van der Waals surface area contributed by atoms with Gasteiger partial charge in [0.05, 0.1) is 0 Å².